The van der Waals surface area contributed by atoms with Crippen LogP contribution in [0.3, 0.4) is 0 Å². The van der Waals surface area contributed by atoms with E-state index in [1.165, 1.54) is 16.7 Å². The van der Waals surface area contributed by atoms with Gasteiger partial charge in [0.05, 0.1) is 11.7 Å². The van der Waals surface area contributed by atoms with Crippen molar-refractivity contribution in [1.29, 1.82) is 0 Å². The van der Waals surface area contributed by atoms with Crippen LogP contribution in [0.2, 0.25) is 0 Å². The predicted molar refractivity (Wildman–Crippen MR) is 109 cm³/mol. The molecule has 0 bridgehead atoms. The predicted octanol–water partition coefficient (Wildman–Crippen LogP) is 3.11. The van der Waals surface area contributed by atoms with Gasteiger partial charge in [-0.15, -0.1) is 0 Å². The summed E-state index contributed by atoms with van der Waals surface area (Å²) in [6, 6.07) is 6.84. The first-order valence-electron chi connectivity index (χ1n) is 10.9. The van der Waals surface area contributed by atoms with Crippen LogP contribution in [-0.2, 0) is 20.8 Å². The maximum absolute atomic E-state index is 12.1. The second-order valence-corrected chi connectivity index (χ2v) is 8.98. The number of rotatable bonds is 5. The molecule has 1 spiro atoms. The molecule has 2 atom stereocenters. The lowest BCUT2D eigenvalue weighted by molar-refractivity contribution is -0.131. The Morgan fingerprint density at radius 2 is 1.89 bits per heavy atom. The molecule has 3 aliphatic heterocycles. The van der Waals surface area contributed by atoms with E-state index in [1.807, 2.05) is 0 Å². The van der Waals surface area contributed by atoms with Crippen molar-refractivity contribution in [2.45, 2.75) is 76.7 Å². The average molecular weight is 387 g/mol. The highest BCUT2D eigenvalue weighted by atomic mass is 16.5. The summed E-state index contributed by atoms with van der Waals surface area (Å²) in [5.41, 5.74) is 4.12. The summed E-state index contributed by atoms with van der Waals surface area (Å²) >= 11 is 0. The van der Waals surface area contributed by atoms with E-state index >= 15 is 0 Å². The maximum Gasteiger partial charge on any atom is 0.249 e. The lowest BCUT2D eigenvalue weighted by Gasteiger charge is -2.39. The zero-order chi connectivity index (χ0) is 19.6. The quantitative estimate of drug-likeness (QED) is 0.845. The highest BCUT2D eigenvalue weighted by Gasteiger charge is 2.42. The summed E-state index contributed by atoms with van der Waals surface area (Å²) < 4.78 is 11.9. The van der Waals surface area contributed by atoms with E-state index in [1.54, 1.807) is 0 Å². The first-order chi connectivity index (χ1) is 13.5. The van der Waals surface area contributed by atoms with E-state index < -0.39 is 0 Å². The number of nitrogens with zero attached hydrogens (tertiary/aromatic N) is 1. The molecule has 0 saturated carbocycles. The minimum absolute atomic E-state index is 0.0261. The van der Waals surface area contributed by atoms with Crippen LogP contribution in [0.15, 0.2) is 18.2 Å². The molecule has 1 N–H and O–H groups in total. The molecular formula is C23H34N2O3. The average Bonchev–Trinajstić information content (AvgIpc) is 3.32. The molecular weight excluding hydrogens is 352 g/mol. The van der Waals surface area contributed by atoms with E-state index in [4.69, 9.17) is 9.47 Å². The molecule has 5 heteroatoms. The van der Waals surface area contributed by atoms with Gasteiger partial charge in [0.1, 0.15) is 6.10 Å². The molecule has 3 saturated heterocycles. The molecule has 1 aromatic carbocycles. The molecule has 28 heavy (non-hydrogen) atoms. The Labute approximate surface area is 168 Å². The zero-order valence-corrected chi connectivity index (χ0v) is 17.3. The molecule has 5 nitrogen and oxygen atoms in total. The molecule has 0 unspecified atom stereocenters. The van der Waals surface area contributed by atoms with Crippen LogP contribution in [-0.4, -0.2) is 54.9 Å². The maximum atomic E-state index is 12.1. The van der Waals surface area contributed by atoms with Crippen LogP contribution >= 0.6 is 0 Å². The van der Waals surface area contributed by atoms with Gasteiger partial charge in [-0.3, -0.25) is 9.69 Å². The number of ether oxygens (including phenoxy) is 2. The molecule has 4 rings (SSSR count). The summed E-state index contributed by atoms with van der Waals surface area (Å²) in [7, 11) is 0. The van der Waals surface area contributed by atoms with Gasteiger partial charge in [-0.05, 0) is 57.9 Å². The van der Waals surface area contributed by atoms with Crippen LogP contribution in [0.25, 0.3) is 0 Å². The fourth-order valence-corrected chi connectivity index (χ4v) is 5.06. The molecule has 0 radical (unpaired) electrons. The Morgan fingerprint density at radius 1 is 1.14 bits per heavy atom. The van der Waals surface area contributed by atoms with Gasteiger partial charge in [0.2, 0.25) is 5.91 Å². The summed E-state index contributed by atoms with van der Waals surface area (Å²) in [6.07, 6.45) is 6.08. The largest absolute Gasteiger partial charge is 0.370 e. The Morgan fingerprint density at radius 3 is 2.57 bits per heavy atom. The van der Waals surface area contributed by atoms with E-state index in [0.717, 1.165) is 58.2 Å². The van der Waals surface area contributed by atoms with Gasteiger partial charge in [0.25, 0.3) is 0 Å². The molecule has 3 fully saturated rings. The van der Waals surface area contributed by atoms with E-state index in [9.17, 15) is 4.79 Å². The van der Waals surface area contributed by atoms with Crippen molar-refractivity contribution in [3.05, 3.63) is 34.9 Å². The Hall–Kier alpha value is -1.43. The minimum atomic E-state index is -0.246. The molecule has 1 aromatic rings. The summed E-state index contributed by atoms with van der Waals surface area (Å²) in [5.74, 6) is 0.0327. The standard InChI is InChI=1S/C23H34N2O3/c1-17-12-18(2)14-19(13-17)16-25-9-7-23(8-10-25)6-5-20(28-23)15-24-22(26)21-4-3-11-27-21/h12-14,20-21H,3-11,15-16H2,1-2H3,(H,24,26)/t20-,21-/m0/s1. The molecule has 3 aliphatic rings. The number of nitrogens with one attached hydrogen (secondary N) is 1. The van der Waals surface area contributed by atoms with Gasteiger partial charge in [-0.25, -0.2) is 0 Å². The molecule has 154 valence electrons. The number of hydrogen-bond donors (Lipinski definition) is 1. The van der Waals surface area contributed by atoms with Crippen molar-refractivity contribution in [3.63, 3.8) is 0 Å². The highest BCUT2D eigenvalue weighted by molar-refractivity contribution is 5.80. The minimum Gasteiger partial charge on any atom is -0.370 e. The Balaban J connectivity index is 1.22. The van der Waals surface area contributed by atoms with Crippen LogP contribution in [0.5, 0.6) is 0 Å². The van der Waals surface area contributed by atoms with Gasteiger partial charge in [-0.2, -0.15) is 0 Å². The fourth-order valence-electron chi connectivity index (χ4n) is 5.06. The van der Waals surface area contributed by atoms with Crippen molar-refractivity contribution in [3.8, 4) is 0 Å². The number of aryl methyl sites for hydroxylation is 2. The third-order valence-corrected chi connectivity index (χ3v) is 6.52. The van der Waals surface area contributed by atoms with Gasteiger partial charge in [0, 0.05) is 32.8 Å². The first-order valence-corrected chi connectivity index (χ1v) is 10.9. The van der Waals surface area contributed by atoms with Crippen LogP contribution in [0.4, 0.5) is 0 Å². The number of carbonyl (C=O) groups excluding carboxylic acids is 1. The van der Waals surface area contributed by atoms with Crippen molar-refractivity contribution < 1.29 is 14.3 Å². The number of amides is 1. The Kier molecular flexibility index (Phi) is 6.04. The van der Waals surface area contributed by atoms with E-state index in [-0.39, 0.29) is 23.7 Å². The van der Waals surface area contributed by atoms with Crippen molar-refractivity contribution in [1.82, 2.24) is 10.2 Å². The van der Waals surface area contributed by atoms with Gasteiger partial charge >= 0.3 is 0 Å². The van der Waals surface area contributed by atoms with Crippen molar-refractivity contribution in [2.24, 2.45) is 0 Å². The molecule has 3 heterocycles. The molecule has 0 aliphatic carbocycles. The third-order valence-electron chi connectivity index (χ3n) is 6.52. The molecule has 1 amide bonds. The fraction of sp³-hybridized carbons (Fsp3) is 0.696. The number of carbonyl (C=O) groups is 1. The zero-order valence-electron chi connectivity index (χ0n) is 17.3. The second-order valence-electron chi connectivity index (χ2n) is 8.98. The lowest BCUT2D eigenvalue weighted by Crippen LogP contribution is -2.45. The van der Waals surface area contributed by atoms with Crippen molar-refractivity contribution >= 4 is 5.91 Å². The lowest BCUT2D eigenvalue weighted by atomic mass is 9.88. The Bertz CT molecular complexity index is 671. The smallest absolute Gasteiger partial charge is 0.249 e. The summed E-state index contributed by atoms with van der Waals surface area (Å²) in [5, 5.41) is 3.04. The van der Waals surface area contributed by atoms with Gasteiger partial charge < -0.3 is 14.8 Å². The number of benzene rings is 1. The normalized spacial score (nSPS) is 27.4. The van der Waals surface area contributed by atoms with Crippen LogP contribution in [0, 0.1) is 13.8 Å². The van der Waals surface area contributed by atoms with Crippen molar-refractivity contribution in [2.75, 3.05) is 26.2 Å². The number of likely N-dealkylation sites (tertiary alicyclic amines) is 1. The summed E-state index contributed by atoms with van der Waals surface area (Å²) in [4.78, 5) is 14.7. The van der Waals surface area contributed by atoms with Crippen LogP contribution in [0.1, 0.15) is 55.2 Å². The number of piperidine rings is 1. The SMILES string of the molecule is Cc1cc(C)cc(CN2CCC3(CC[C@@H](CNC(=O)[C@@H]4CCCO4)O3)CC2)c1. The second kappa shape index (κ2) is 8.52. The van der Waals surface area contributed by atoms with Gasteiger partial charge in [0.15, 0.2) is 0 Å². The van der Waals surface area contributed by atoms with E-state index in [0.29, 0.717) is 13.2 Å². The topological polar surface area (TPSA) is 50.8 Å². The third kappa shape index (κ3) is 4.76. The molecule has 0 aromatic heterocycles. The van der Waals surface area contributed by atoms with Crippen LogP contribution < -0.4 is 5.32 Å². The summed E-state index contributed by atoms with van der Waals surface area (Å²) in [6.45, 7) is 8.87. The number of hydrogen-bond acceptors (Lipinski definition) is 4. The first kappa shape index (κ1) is 19.9. The van der Waals surface area contributed by atoms with E-state index in [2.05, 4.69) is 42.3 Å². The van der Waals surface area contributed by atoms with Gasteiger partial charge in [-0.1, -0.05) is 29.3 Å². The monoisotopic (exact) mass is 386 g/mol. The highest BCUT2D eigenvalue weighted by Crippen LogP contribution is 2.39.